The van der Waals surface area contributed by atoms with Gasteiger partial charge in [0.15, 0.2) is 5.82 Å². The van der Waals surface area contributed by atoms with Gasteiger partial charge in [0.05, 0.1) is 4.47 Å². The van der Waals surface area contributed by atoms with Gasteiger partial charge in [0, 0.05) is 18.8 Å². The van der Waals surface area contributed by atoms with Gasteiger partial charge in [-0.25, -0.2) is 12.8 Å². The van der Waals surface area contributed by atoms with Gasteiger partial charge in [0.25, 0.3) is 0 Å². The Bertz CT molecular complexity index is 584. The van der Waals surface area contributed by atoms with Gasteiger partial charge < -0.3 is 5.73 Å². The average Bonchev–Trinajstić information content (AvgIpc) is 2.32. The second-order valence-electron chi connectivity index (χ2n) is 4.99. The summed E-state index contributed by atoms with van der Waals surface area (Å²) in [5, 5.41) is 0. The quantitative estimate of drug-likeness (QED) is 0.819. The summed E-state index contributed by atoms with van der Waals surface area (Å²) >= 11 is 3.00. The zero-order chi connectivity index (χ0) is 14.8. The molecule has 112 valence electrons. The Hall–Kier alpha value is -0.660. The lowest BCUT2D eigenvalue weighted by atomic mass is 10.1. The standard InChI is InChI=1S/C13H18BrFN2O2S/c14-11-8-10(16)9-12(13(11)15)20(18,19)17-6-4-2-1-3-5-7-17/h8-9H,1-7,16H2. The van der Waals surface area contributed by atoms with Gasteiger partial charge in [-0.1, -0.05) is 19.3 Å². The molecule has 0 amide bonds. The molecule has 4 nitrogen and oxygen atoms in total. The van der Waals surface area contributed by atoms with Crippen molar-refractivity contribution in [3.8, 4) is 0 Å². The number of anilines is 1. The molecule has 0 bridgehead atoms. The molecule has 0 spiro atoms. The first-order valence-electron chi connectivity index (χ1n) is 6.67. The van der Waals surface area contributed by atoms with Crippen LogP contribution in [0.3, 0.4) is 0 Å². The van der Waals surface area contributed by atoms with Crippen molar-refractivity contribution >= 4 is 31.6 Å². The molecule has 1 aromatic carbocycles. The van der Waals surface area contributed by atoms with Crippen molar-refractivity contribution in [1.29, 1.82) is 0 Å². The number of hydrogen-bond donors (Lipinski definition) is 1. The molecular weight excluding hydrogens is 347 g/mol. The summed E-state index contributed by atoms with van der Waals surface area (Å²) in [7, 11) is -3.83. The number of benzene rings is 1. The number of nitrogens with zero attached hydrogens (tertiary/aromatic N) is 1. The lowest BCUT2D eigenvalue weighted by molar-refractivity contribution is 0.362. The van der Waals surface area contributed by atoms with Gasteiger partial charge >= 0.3 is 0 Å². The van der Waals surface area contributed by atoms with Crippen molar-refractivity contribution in [2.45, 2.75) is 37.0 Å². The third-order valence-electron chi connectivity index (χ3n) is 3.45. The van der Waals surface area contributed by atoms with E-state index in [4.69, 9.17) is 5.73 Å². The summed E-state index contributed by atoms with van der Waals surface area (Å²) in [6, 6.07) is 2.55. The van der Waals surface area contributed by atoms with E-state index in [1.54, 1.807) is 0 Å². The van der Waals surface area contributed by atoms with Crippen LogP contribution in [0.1, 0.15) is 32.1 Å². The minimum Gasteiger partial charge on any atom is -0.399 e. The molecular formula is C13H18BrFN2O2S. The predicted octanol–water partition coefficient (Wildman–Crippen LogP) is 3.13. The zero-order valence-electron chi connectivity index (χ0n) is 11.1. The monoisotopic (exact) mass is 364 g/mol. The lowest BCUT2D eigenvalue weighted by Crippen LogP contribution is -2.34. The van der Waals surface area contributed by atoms with E-state index in [1.165, 1.54) is 16.4 Å². The van der Waals surface area contributed by atoms with Crippen LogP contribution in [-0.2, 0) is 10.0 Å². The topological polar surface area (TPSA) is 63.4 Å². The van der Waals surface area contributed by atoms with Crippen molar-refractivity contribution in [2.75, 3.05) is 18.8 Å². The minimum absolute atomic E-state index is 0.0723. The Kier molecular flexibility index (Phi) is 5.04. The van der Waals surface area contributed by atoms with Crippen LogP contribution in [0.15, 0.2) is 21.5 Å². The molecule has 0 unspecified atom stereocenters. The van der Waals surface area contributed by atoms with E-state index in [2.05, 4.69) is 15.9 Å². The van der Waals surface area contributed by atoms with Crippen molar-refractivity contribution in [2.24, 2.45) is 0 Å². The molecule has 1 heterocycles. The van der Waals surface area contributed by atoms with Crippen LogP contribution in [0.25, 0.3) is 0 Å². The first-order valence-corrected chi connectivity index (χ1v) is 8.91. The molecule has 1 fully saturated rings. The highest BCUT2D eigenvalue weighted by Crippen LogP contribution is 2.29. The normalized spacial score (nSPS) is 18.5. The number of sulfonamides is 1. The van der Waals surface area contributed by atoms with Crippen molar-refractivity contribution in [1.82, 2.24) is 4.31 Å². The maximum absolute atomic E-state index is 14.1. The second kappa shape index (κ2) is 6.41. The third kappa shape index (κ3) is 3.32. The Labute approximate surface area is 127 Å². The second-order valence-corrected chi connectivity index (χ2v) is 7.75. The summed E-state index contributed by atoms with van der Waals surface area (Å²) in [5.41, 5.74) is 5.86. The summed E-state index contributed by atoms with van der Waals surface area (Å²) < 4.78 is 40.7. The largest absolute Gasteiger partial charge is 0.399 e. The molecule has 0 radical (unpaired) electrons. The fraction of sp³-hybridized carbons (Fsp3) is 0.538. The van der Waals surface area contributed by atoms with E-state index >= 15 is 0 Å². The zero-order valence-corrected chi connectivity index (χ0v) is 13.5. The fourth-order valence-corrected chi connectivity index (χ4v) is 4.62. The molecule has 7 heteroatoms. The van der Waals surface area contributed by atoms with Crippen LogP contribution < -0.4 is 5.73 Å². The van der Waals surface area contributed by atoms with Gasteiger partial charge in [0.1, 0.15) is 4.90 Å². The lowest BCUT2D eigenvalue weighted by Gasteiger charge is -2.24. The maximum Gasteiger partial charge on any atom is 0.246 e. The van der Waals surface area contributed by atoms with E-state index in [1.807, 2.05) is 0 Å². The van der Waals surface area contributed by atoms with Gasteiger partial charge in [-0.15, -0.1) is 0 Å². The molecule has 1 saturated heterocycles. The first-order chi connectivity index (χ1) is 9.43. The van der Waals surface area contributed by atoms with E-state index in [0.29, 0.717) is 13.1 Å². The van der Waals surface area contributed by atoms with Crippen LogP contribution in [0.5, 0.6) is 0 Å². The smallest absolute Gasteiger partial charge is 0.246 e. The number of nitrogen functional groups attached to an aromatic ring is 1. The summed E-state index contributed by atoms with van der Waals surface area (Å²) in [6.07, 6.45) is 4.77. The van der Waals surface area contributed by atoms with Crippen molar-refractivity contribution < 1.29 is 12.8 Å². The van der Waals surface area contributed by atoms with Gasteiger partial charge in [-0.3, -0.25) is 0 Å². The Morgan fingerprint density at radius 2 is 1.65 bits per heavy atom. The van der Waals surface area contributed by atoms with Crippen LogP contribution in [0.2, 0.25) is 0 Å². The molecule has 1 aliphatic heterocycles. The number of nitrogens with two attached hydrogens (primary N) is 1. The van der Waals surface area contributed by atoms with Crippen molar-refractivity contribution in [3.63, 3.8) is 0 Å². The highest BCUT2D eigenvalue weighted by molar-refractivity contribution is 9.10. The number of hydrogen-bond acceptors (Lipinski definition) is 3. The minimum atomic E-state index is -3.83. The van der Waals surface area contributed by atoms with Gasteiger partial charge in [-0.05, 0) is 40.9 Å². The molecule has 1 aliphatic rings. The van der Waals surface area contributed by atoms with E-state index in [0.717, 1.165) is 32.1 Å². The van der Waals surface area contributed by atoms with Crippen LogP contribution in [-0.4, -0.2) is 25.8 Å². The number of rotatable bonds is 2. The van der Waals surface area contributed by atoms with Gasteiger partial charge in [-0.2, -0.15) is 4.31 Å². The highest BCUT2D eigenvalue weighted by atomic mass is 79.9. The fourth-order valence-electron chi connectivity index (χ4n) is 2.37. The first kappa shape index (κ1) is 15.7. The molecule has 20 heavy (non-hydrogen) atoms. The highest BCUT2D eigenvalue weighted by Gasteiger charge is 2.28. The van der Waals surface area contributed by atoms with Crippen LogP contribution in [0.4, 0.5) is 10.1 Å². The van der Waals surface area contributed by atoms with Gasteiger partial charge in [0.2, 0.25) is 10.0 Å². The Morgan fingerprint density at radius 3 is 2.25 bits per heavy atom. The Balaban J connectivity index is 2.38. The van der Waals surface area contributed by atoms with E-state index in [-0.39, 0.29) is 15.1 Å². The predicted molar refractivity (Wildman–Crippen MR) is 80.4 cm³/mol. The molecule has 1 aromatic rings. The van der Waals surface area contributed by atoms with E-state index in [9.17, 15) is 12.8 Å². The molecule has 2 N–H and O–H groups in total. The van der Waals surface area contributed by atoms with E-state index < -0.39 is 15.8 Å². The average molecular weight is 365 g/mol. The number of halogens is 2. The molecule has 0 aromatic heterocycles. The summed E-state index contributed by atoms with van der Waals surface area (Å²) in [4.78, 5) is -0.343. The van der Waals surface area contributed by atoms with Crippen LogP contribution >= 0.6 is 15.9 Å². The van der Waals surface area contributed by atoms with Crippen LogP contribution in [0, 0.1) is 5.82 Å². The summed E-state index contributed by atoms with van der Waals surface area (Å²) in [5.74, 6) is -0.777. The van der Waals surface area contributed by atoms with Crippen molar-refractivity contribution in [3.05, 3.63) is 22.4 Å². The molecule has 0 aliphatic carbocycles. The molecule has 0 saturated carbocycles. The SMILES string of the molecule is Nc1cc(Br)c(F)c(S(=O)(=O)N2CCCCCCC2)c1. The third-order valence-corrected chi connectivity index (χ3v) is 5.92. The summed E-state index contributed by atoms with van der Waals surface area (Å²) in [6.45, 7) is 0.877. The molecule has 2 rings (SSSR count). The maximum atomic E-state index is 14.1. The molecule has 0 atom stereocenters. The Morgan fingerprint density at radius 1 is 1.10 bits per heavy atom.